The first-order chi connectivity index (χ1) is 12.0. The van der Waals surface area contributed by atoms with E-state index in [2.05, 4.69) is 4.72 Å². The van der Waals surface area contributed by atoms with Crippen molar-refractivity contribution in [3.05, 3.63) is 64.7 Å². The fourth-order valence-electron chi connectivity index (χ4n) is 3.58. The van der Waals surface area contributed by atoms with Crippen LogP contribution < -0.4 is 4.72 Å². The summed E-state index contributed by atoms with van der Waals surface area (Å²) < 4.78 is 27.9. The van der Waals surface area contributed by atoms with Gasteiger partial charge < -0.3 is 0 Å². The molecule has 6 heteroatoms. The van der Waals surface area contributed by atoms with E-state index < -0.39 is 10.0 Å². The van der Waals surface area contributed by atoms with Crippen LogP contribution in [-0.2, 0) is 10.0 Å². The second-order valence-corrected chi connectivity index (χ2v) is 8.23. The summed E-state index contributed by atoms with van der Waals surface area (Å²) >= 11 is 0. The van der Waals surface area contributed by atoms with Gasteiger partial charge in [0.2, 0.25) is 10.0 Å². The van der Waals surface area contributed by atoms with E-state index in [0.717, 1.165) is 25.7 Å². The second-order valence-electron chi connectivity index (χ2n) is 6.51. The number of nitrogens with one attached hydrogen (secondary N) is 1. The van der Waals surface area contributed by atoms with Crippen molar-refractivity contribution in [2.75, 3.05) is 0 Å². The number of carbonyl (C=O) groups is 2. The molecule has 4 rings (SSSR count). The van der Waals surface area contributed by atoms with Crippen LogP contribution in [0.15, 0.2) is 47.4 Å². The van der Waals surface area contributed by atoms with Gasteiger partial charge in [0.1, 0.15) is 0 Å². The van der Waals surface area contributed by atoms with E-state index in [9.17, 15) is 18.0 Å². The van der Waals surface area contributed by atoms with Crippen LogP contribution in [0.4, 0.5) is 0 Å². The zero-order chi connectivity index (χ0) is 17.6. The van der Waals surface area contributed by atoms with Gasteiger partial charge in [-0.25, -0.2) is 13.1 Å². The van der Waals surface area contributed by atoms with Crippen LogP contribution >= 0.6 is 0 Å². The lowest BCUT2D eigenvalue weighted by Crippen LogP contribution is -2.33. The highest BCUT2D eigenvalue weighted by Crippen LogP contribution is 2.29. The van der Waals surface area contributed by atoms with Crippen LogP contribution in [0.1, 0.15) is 57.5 Å². The van der Waals surface area contributed by atoms with Gasteiger partial charge in [-0.2, -0.15) is 0 Å². The van der Waals surface area contributed by atoms with E-state index in [0.29, 0.717) is 11.1 Å². The fraction of sp³-hybridized carbons (Fsp3) is 0.263. The molecule has 0 atom stereocenters. The maximum Gasteiger partial charge on any atom is 0.240 e. The van der Waals surface area contributed by atoms with Crippen LogP contribution in [0.3, 0.4) is 0 Å². The van der Waals surface area contributed by atoms with E-state index in [4.69, 9.17) is 0 Å². The summed E-state index contributed by atoms with van der Waals surface area (Å²) in [7, 11) is -3.71. The van der Waals surface area contributed by atoms with E-state index in [1.165, 1.54) is 18.2 Å². The maximum absolute atomic E-state index is 12.7. The number of hydrogen-bond acceptors (Lipinski definition) is 4. The molecule has 1 saturated carbocycles. The lowest BCUT2D eigenvalue weighted by Gasteiger charge is -2.19. The van der Waals surface area contributed by atoms with Crippen molar-refractivity contribution in [2.45, 2.75) is 36.6 Å². The average molecular weight is 355 g/mol. The molecule has 0 unspecified atom stereocenters. The topological polar surface area (TPSA) is 80.3 Å². The molecule has 0 spiro atoms. The summed E-state index contributed by atoms with van der Waals surface area (Å²) in [6.07, 6.45) is 3.69. The van der Waals surface area contributed by atoms with Gasteiger partial charge in [-0.3, -0.25) is 9.59 Å². The third kappa shape index (κ3) is 2.71. The lowest BCUT2D eigenvalue weighted by atomic mass is 9.84. The summed E-state index contributed by atoms with van der Waals surface area (Å²) in [5.74, 6) is -0.569. The second kappa shape index (κ2) is 5.89. The van der Waals surface area contributed by atoms with Crippen LogP contribution in [0, 0.1) is 0 Å². The quantitative estimate of drug-likeness (QED) is 0.783. The maximum atomic E-state index is 12.7. The van der Waals surface area contributed by atoms with Crippen molar-refractivity contribution < 1.29 is 18.0 Å². The molecular formula is C19H17NO4S. The number of hydrogen-bond donors (Lipinski definition) is 1. The highest BCUT2D eigenvalue weighted by molar-refractivity contribution is 7.89. The van der Waals surface area contributed by atoms with Gasteiger partial charge >= 0.3 is 0 Å². The Morgan fingerprint density at radius 2 is 1.36 bits per heavy atom. The highest BCUT2D eigenvalue weighted by atomic mass is 32.2. The predicted molar refractivity (Wildman–Crippen MR) is 92.3 cm³/mol. The van der Waals surface area contributed by atoms with Gasteiger partial charge in [-0.15, -0.1) is 0 Å². The molecule has 5 nitrogen and oxygen atoms in total. The summed E-state index contributed by atoms with van der Waals surface area (Å²) in [5.41, 5.74) is 1.08. The van der Waals surface area contributed by atoms with Crippen molar-refractivity contribution in [3.63, 3.8) is 0 Å². The Labute approximate surface area is 146 Å². The molecule has 0 bridgehead atoms. The Kier molecular flexibility index (Phi) is 3.81. The first-order valence-electron chi connectivity index (χ1n) is 8.32. The minimum absolute atomic E-state index is 0.0266. The molecule has 0 aromatic heterocycles. The first kappa shape index (κ1) is 16.2. The molecular weight excluding hydrogens is 338 g/mol. The molecule has 128 valence electrons. The standard InChI is InChI=1S/C19H17NO4S/c21-18-14-7-3-4-8-15(14)19(22)17-11-13(9-10-16(17)18)25(23,24)20-12-5-1-2-6-12/h3-4,7-12,20H,1-2,5-6H2. The van der Waals surface area contributed by atoms with Crippen LogP contribution in [0.5, 0.6) is 0 Å². The van der Waals surface area contributed by atoms with Gasteiger partial charge in [-0.05, 0) is 31.0 Å². The summed E-state index contributed by atoms with van der Waals surface area (Å²) in [6, 6.07) is 10.7. The smallest absolute Gasteiger partial charge is 0.240 e. The Morgan fingerprint density at radius 1 is 0.800 bits per heavy atom. The summed E-state index contributed by atoms with van der Waals surface area (Å²) in [5, 5.41) is 0. The first-order valence-corrected chi connectivity index (χ1v) is 9.80. The highest BCUT2D eigenvalue weighted by Gasteiger charge is 2.31. The minimum Gasteiger partial charge on any atom is -0.289 e. The number of carbonyl (C=O) groups excluding carboxylic acids is 2. The number of rotatable bonds is 3. The number of benzene rings is 2. The van der Waals surface area contributed by atoms with Crippen LogP contribution in [-0.4, -0.2) is 26.0 Å². The molecule has 0 radical (unpaired) electrons. The lowest BCUT2D eigenvalue weighted by molar-refractivity contribution is 0.0979. The van der Waals surface area contributed by atoms with Gasteiger partial charge in [0.15, 0.2) is 11.6 Å². The molecule has 2 aliphatic carbocycles. The molecule has 0 aliphatic heterocycles. The SMILES string of the molecule is O=C1c2ccccc2C(=O)c2cc(S(=O)(=O)NC3CCCC3)ccc21. The summed E-state index contributed by atoms with van der Waals surface area (Å²) in [6.45, 7) is 0. The van der Waals surface area contributed by atoms with Gasteiger partial charge in [0.05, 0.1) is 4.90 Å². The molecule has 0 saturated heterocycles. The minimum atomic E-state index is -3.71. The van der Waals surface area contributed by atoms with Crippen molar-refractivity contribution in [2.24, 2.45) is 0 Å². The van der Waals surface area contributed by atoms with E-state index in [-0.39, 0.29) is 33.6 Å². The molecule has 2 aromatic rings. The third-order valence-corrected chi connectivity index (χ3v) is 6.40. The average Bonchev–Trinajstić information content (AvgIpc) is 3.11. The number of ketones is 2. The van der Waals surface area contributed by atoms with E-state index in [1.807, 2.05) is 0 Å². The molecule has 2 aliphatic rings. The fourth-order valence-corrected chi connectivity index (χ4v) is 4.91. The Hall–Kier alpha value is -2.31. The Morgan fingerprint density at radius 3 is 2.00 bits per heavy atom. The third-order valence-electron chi connectivity index (χ3n) is 4.88. The molecule has 1 fully saturated rings. The molecule has 25 heavy (non-hydrogen) atoms. The number of sulfonamides is 1. The van der Waals surface area contributed by atoms with Crippen molar-refractivity contribution in [1.29, 1.82) is 0 Å². The molecule has 1 N–H and O–H groups in total. The van der Waals surface area contributed by atoms with Crippen LogP contribution in [0.25, 0.3) is 0 Å². The van der Waals surface area contributed by atoms with Crippen molar-refractivity contribution in [3.8, 4) is 0 Å². The molecule has 0 amide bonds. The monoisotopic (exact) mass is 355 g/mol. The Bertz CT molecular complexity index is 988. The normalized spacial score (nSPS) is 17.4. The van der Waals surface area contributed by atoms with Crippen molar-refractivity contribution >= 4 is 21.6 Å². The zero-order valence-electron chi connectivity index (χ0n) is 13.5. The molecule has 2 aromatic carbocycles. The van der Waals surface area contributed by atoms with E-state index in [1.54, 1.807) is 24.3 Å². The van der Waals surface area contributed by atoms with E-state index >= 15 is 0 Å². The molecule has 0 heterocycles. The van der Waals surface area contributed by atoms with Gasteiger partial charge in [0, 0.05) is 28.3 Å². The van der Waals surface area contributed by atoms with Gasteiger partial charge in [0.25, 0.3) is 0 Å². The number of fused-ring (bicyclic) bond motifs is 2. The summed E-state index contributed by atoms with van der Waals surface area (Å²) in [4.78, 5) is 25.3. The van der Waals surface area contributed by atoms with Crippen molar-refractivity contribution in [1.82, 2.24) is 4.72 Å². The van der Waals surface area contributed by atoms with Crippen LogP contribution in [0.2, 0.25) is 0 Å². The predicted octanol–water partition coefficient (Wildman–Crippen LogP) is 2.68. The Balaban J connectivity index is 1.75. The largest absolute Gasteiger partial charge is 0.289 e. The van der Waals surface area contributed by atoms with Gasteiger partial charge in [-0.1, -0.05) is 37.1 Å². The zero-order valence-corrected chi connectivity index (χ0v) is 14.3.